The molecule has 0 bridgehead atoms. The Morgan fingerprint density at radius 3 is 0.696 bits per heavy atom. The Hall–Kier alpha value is -2.90. The molecule has 0 spiro atoms. The van der Waals surface area contributed by atoms with E-state index in [0.29, 0.717) is 0 Å². The summed E-state index contributed by atoms with van der Waals surface area (Å²) < 4.78 is 0. The Morgan fingerprint density at radius 1 is 0.339 bits per heavy atom. The van der Waals surface area contributed by atoms with Crippen LogP contribution in [0.15, 0.2) is 129 Å². The van der Waals surface area contributed by atoms with Crippen LogP contribution >= 0.6 is 0 Å². The summed E-state index contributed by atoms with van der Waals surface area (Å²) in [6.45, 7) is 30.4. The van der Waals surface area contributed by atoms with Crippen molar-refractivity contribution in [3.8, 4) is 0 Å². The average Bonchev–Trinajstić information content (AvgIpc) is 3.11. The fourth-order valence-electron chi connectivity index (χ4n) is 6.59. The molecular weight excluding hydrogens is 677 g/mol. The third kappa shape index (κ3) is 34.4. The Balaban J connectivity index is 4.27. The van der Waals surface area contributed by atoms with Crippen LogP contribution in [0.3, 0.4) is 0 Å². The van der Waals surface area contributed by atoms with Gasteiger partial charge in [-0.05, 0) is 212 Å². The van der Waals surface area contributed by atoms with Gasteiger partial charge in [0.2, 0.25) is 0 Å². The predicted octanol–water partition coefficient (Wildman–Crippen LogP) is 18.2. The molecule has 0 heterocycles. The summed E-state index contributed by atoms with van der Waals surface area (Å²) in [7, 11) is 0. The van der Waals surface area contributed by atoms with E-state index in [4.69, 9.17) is 0 Å². The summed E-state index contributed by atoms with van der Waals surface area (Å²) >= 11 is 0. The van der Waals surface area contributed by atoms with Gasteiger partial charge < -0.3 is 5.11 Å². The summed E-state index contributed by atoms with van der Waals surface area (Å²) in [5.41, 5.74) is 14.2. The van der Waals surface area contributed by atoms with Gasteiger partial charge in [0.25, 0.3) is 0 Å². The fourth-order valence-corrected chi connectivity index (χ4v) is 6.59. The Labute approximate surface area is 350 Å². The van der Waals surface area contributed by atoms with E-state index < -0.39 is 5.60 Å². The lowest BCUT2D eigenvalue weighted by molar-refractivity contribution is 0.103. The first-order valence-electron chi connectivity index (χ1n) is 22.4. The second kappa shape index (κ2) is 33.1. The number of rotatable bonds is 31. The molecule has 0 fully saturated rings. The van der Waals surface area contributed by atoms with E-state index in [-0.39, 0.29) is 0 Å². The molecule has 0 aliphatic carbocycles. The SMILES string of the molecule is C=CC(C)(O)CCC=C(C)CCC=C(C)CCC=C(C)CCC=C(C)CCC=C(C)CCC=C(C)CCC=C(C)CCC=C(C)CCC=C(C)CCC=C(C)C. The number of hydrogen-bond donors (Lipinski definition) is 1. The van der Waals surface area contributed by atoms with E-state index in [2.05, 4.69) is 144 Å². The number of hydrogen-bond acceptors (Lipinski definition) is 1. The lowest BCUT2D eigenvalue weighted by Gasteiger charge is -2.16. The molecule has 0 rings (SSSR count). The maximum absolute atomic E-state index is 10.1. The van der Waals surface area contributed by atoms with Gasteiger partial charge in [0.1, 0.15) is 0 Å². The van der Waals surface area contributed by atoms with Gasteiger partial charge in [0.15, 0.2) is 0 Å². The topological polar surface area (TPSA) is 20.2 Å². The minimum atomic E-state index is -0.762. The molecule has 56 heavy (non-hydrogen) atoms. The van der Waals surface area contributed by atoms with Gasteiger partial charge in [-0.2, -0.15) is 0 Å². The highest BCUT2D eigenvalue weighted by Crippen LogP contribution is 2.19. The summed E-state index contributed by atoms with van der Waals surface area (Å²) in [5, 5.41) is 10.1. The van der Waals surface area contributed by atoms with Gasteiger partial charge in [-0.25, -0.2) is 0 Å². The standard InChI is InChI=1S/C55H90O/c1-14-55(13,56)44-24-43-54(12)42-23-41-53(11)40-22-39-52(10)38-21-37-51(9)36-20-35-50(8)34-19-33-49(7)32-18-31-48(6)30-17-29-47(5)28-16-27-46(4)26-15-25-45(2)3/h14,25,27,29,31,33,35,37,39,41,43,56H,1,15-24,26,28,30,32,34,36,38,40,42,44H2,2-13H3. The van der Waals surface area contributed by atoms with Crippen molar-refractivity contribution in [1.82, 2.24) is 0 Å². The van der Waals surface area contributed by atoms with Gasteiger partial charge in [-0.15, -0.1) is 6.58 Å². The van der Waals surface area contributed by atoms with E-state index in [1.807, 2.05) is 6.92 Å². The average molecular weight is 767 g/mol. The molecule has 0 amide bonds. The normalized spacial score (nSPS) is 15.7. The highest BCUT2D eigenvalue weighted by Gasteiger charge is 2.13. The third-order valence-corrected chi connectivity index (χ3v) is 10.9. The summed E-state index contributed by atoms with van der Waals surface area (Å²) in [6.07, 6.45) is 48.2. The van der Waals surface area contributed by atoms with Crippen molar-refractivity contribution in [3.05, 3.63) is 129 Å². The van der Waals surface area contributed by atoms with Crippen LogP contribution in [-0.2, 0) is 0 Å². The van der Waals surface area contributed by atoms with Gasteiger partial charge in [-0.3, -0.25) is 0 Å². The van der Waals surface area contributed by atoms with Crippen LogP contribution in [0.4, 0.5) is 0 Å². The molecule has 0 aliphatic rings. The molecule has 1 heteroatoms. The second-order valence-corrected chi connectivity index (χ2v) is 17.7. The van der Waals surface area contributed by atoms with Crippen molar-refractivity contribution in [2.45, 2.75) is 217 Å². The molecule has 0 radical (unpaired) electrons. The maximum atomic E-state index is 10.1. The lowest BCUT2D eigenvalue weighted by atomic mass is 9.99. The third-order valence-electron chi connectivity index (χ3n) is 10.9. The Bertz CT molecular complexity index is 1410. The minimum Gasteiger partial charge on any atom is -0.386 e. The zero-order valence-electron chi connectivity index (χ0n) is 39.1. The van der Waals surface area contributed by atoms with Crippen molar-refractivity contribution in [2.24, 2.45) is 0 Å². The molecular formula is C55H90O. The molecule has 1 unspecified atom stereocenters. The first-order valence-corrected chi connectivity index (χ1v) is 22.4. The van der Waals surface area contributed by atoms with E-state index in [1.165, 1.54) is 107 Å². The molecule has 0 aliphatic heterocycles. The van der Waals surface area contributed by atoms with Crippen molar-refractivity contribution < 1.29 is 5.11 Å². The minimum absolute atomic E-state index is 0.730. The maximum Gasteiger partial charge on any atom is 0.0800 e. The molecule has 0 aromatic heterocycles. The Kier molecular flexibility index (Phi) is 31.4. The molecule has 0 aromatic rings. The summed E-state index contributed by atoms with van der Waals surface area (Å²) in [6, 6.07) is 0. The van der Waals surface area contributed by atoms with Crippen LogP contribution in [0.1, 0.15) is 212 Å². The molecule has 1 atom stereocenters. The van der Waals surface area contributed by atoms with Crippen LogP contribution in [-0.4, -0.2) is 10.7 Å². The van der Waals surface area contributed by atoms with Crippen molar-refractivity contribution in [3.63, 3.8) is 0 Å². The van der Waals surface area contributed by atoms with Gasteiger partial charge in [0.05, 0.1) is 5.60 Å². The first kappa shape index (κ1) is 53.1. The predicted molar refractivity (Wildman–Crippen MR) is 256 cm³/mol. The van der Waals surface area contributed by atoms with Crippen LogP contribution in [0.2, 0.25) is 0 Å². The molecule has 0 saturated carbocycles. The van der Waals surface area contributed by atoms with Gasteiger partial charge in [-0.1, -0.05) is 123 Å². The Morgan fingerprint density at radius 2 is 0.518 bits per heavy atom. The van der Waals surface area contributed by atoms with E-state index in [1.54, 1.807) is 6.08 Å². The quantitative estimate of drug-likeness (QED) is 0.0697. The molecule has 0 aromatic carbocycles. The first-order chi connectivity index (χ1) is 26.5. The monoisotopic (exact) mass is 767 g/mol. The number of allylic oxidation sites excluding steroid dienone is 20. The molecule has 1 nitrogen and oxygen atoms in total. The molecule has 316 valence electrons. The van der Waals surface area contributed by atoms with E-state index in [9.17, 15) is 5.11 Å². The van der Waals surface area contributed by atoms with E-state index in [0.717, 1.165) is 77.0 Å². The smallest absolute Gasteiger partial charge is 0.0800 e. The van der Waals surface area contributed by atoms with Crippen LogP contribution < -0.4 is 0 Å². The van der Waals surface area contributed by atoms with Crippen molar-refractivity contribution in [1.29, 1.82) is 0 Å². The fraction of sp³-hybridized carbons (Fsp3) is 0.600. The van der Waals surface area contributed by atoms with Gasteiger partial charge >= 0.3 is 0 Å². The molecule has 1 N–H and O–H groups in total. The second-order valence-electron chi connectivity index (χ2n) is 17.7. The van der Waals surface area contributed by atoms with Crippen LogP contribution in [0.5, 0.6) is 0 Å². The van der Waals surface area contributed by atoms with Crippen LogP contribution in [0, 0.1) is 0 Å². The number of aliphatic hydroxyl groups is 1. The van der Waals surface area contributed by atoms with Crippen molar-refractivity contribution >= 4 is 0 Å². The molecule has 0 saturated heterocycles. The zero-order chi connectivity index (χ0) is 42.2. The van der Waals surface area contributed by atoms with Crippen molar-refractivity contribution in [2.75, 3.05) is 0 Å². The zero-order valence-corrected chi connectivity index (χ0v) is 39.1. The summed E-state index contributed by atoms with van der Waals surface area (Å²) in [5.74, 6) is 0. The largest absolute Gasteiger partial charge is 0.386 e. The van der Waals surface area contributed by atoms with E-state index >= 15 is 0 Å². The highest BCUT2D eigenvalue weighted by atomic mass is 16.3. The van der Waals surface area contributed by atoms with Crippen LogP contribution in [0.25, 0.3) is 0 Å². The van der Waals surface area contributed by atoms with Gasteiger partial charge in [0, 0.05) is 0 Å². The highest BCUT2D eigenvalue weighted by molar-refractivity contribution is 5.11. The summed E-state index contributed by atoms with van der Waals surface area (Å²) in [4.78, 5) is 0. The lowest BCUT2D eigenvalue weighted by Crippen LogP contribution is -2.19.